The smallest absolute Gasteiger partial charge is 0.334 e. The number of nitrogen functional groups attached to an aromatic ring is 1. The van der Waals surface area contributed by atoms with Crippen LogP contribution >= 0.6 is 0 Å². The van der Waals surface area contributed by atoms with Crippen LogP contribution in [0, 0.1) is 0 Å². The highest BCUT2D eigenvalue weighted by Crippen LogP contribution is 2.13. The summed E-state index contributed by atoms with van der Waals surface area (Å²) in [5, 5.41) is 2.49. The van der Waals surface area contributed by atoms with Crippen LogP contribution < -0.4 is 11.1 Å². The Morgan fingerprint density at radius 2 is 1.95 bits per heavy atom. The maximum atomic E-state index is 11.8. The van der Waals surface area contributed by atoms with Crippen molar-refractivity contribution in [2.45, 2.75) is 0 Å². The number of imide groups is 2. The fraction of sp³-hybridized carbons (Fsp3) is 0.167. The van der Waals surface area contributed by atoms with E-state index in [4.69, 9.17) is 5.73 Å². The molecule has 0 aromatic heterocycles. The van der Waals surface area contributed by atoms with Gasteiger partial charge in [-0.25, -0.2) is 9.69 Å². The van der Waals surface area contributed by atoms with E-state index in [0.717, 1.165) is 0 Å². The summed E-state index contributed by atoms with van der Waals surface area (Å²) in [5.41, 5.74) is 6.46. The fourth-order valence-corrected chi connectivity index (χ4v) is 1.71. The third-order valence-electron chi connectivity index (χ3n) is 2.72. The predicted octanol–water partition coefficient (Wildman–Crippen LogP) is -0.372. The van der Waals surface area contributed by atoms with E-state index >= 15 is 0 Å². The van der Waals surface area contributed by atoms with E-state index in [0.29, 0.717) is 21.2 Å². The molecular formula is C12H12N4O4. The zero-order valence-electron chi connectivity index (χ0n) is 10.6. The van der Waals surface area contributed by atoms with Crippen LogP contribution in [0.4, 0.5) is 16.2 Å². The van der Waals surface area contributed by atoms with Crippen molar-refractivity contribution in [3.8, 4) is 0 Å². The van der Waals surface area contributed by atoms with Gasteiger partial charge in [0.05, 0.1) is 0 Å². The van der Waals surface area contributed by atoms with Gasteiger partial charge in [-0.05, 0) is 18.2 Å². The first-order valence-corrected chi connectivity index (χ1v) is 5.69. The fourth-order valence-electron chi connectivity index (χ4n) is 1.71. The maximum Gasteiger partial charge on any atom is 0.334 e. The van der Waals surface area contributed by atoms with Gasteiger partial charge in [0.2, 0.25) is 5.91 Å². The van der Waals surface area contributed by atoms with Crippen LogP contribution in [-0.4, -0.2) is 47.1 Å². The molecule has 2 rings (SSSR count). The van der Waals surface area contributed by atoms with E-state index < -0.39 is 30.3 Å². The van der Waals surface area contributed by atoms with Crippen molar-refractivity contribution in [3.63, 3.8) is 0 Å². The van der Waals surface area contributed by atoms with Gasteiger partial charge in [0.1, 0.15) is 6.54 Å². The Balaban J connectivity index is 2.04. The second-order valence-electron chi connectivity index (χ2n) is 4.21. The molecule has 1 heterocycles. The molecular weight excluding hydrogens is 264 g/mol. The number of hydrogen-bond acceptors (Lipinski definition) is 5. The molecule has 1 aromatic rings. The van der Waals surface area contributed by atoms with Gasteiger partial charge in [-0.15, -0.1) is 0 Å². The summed E-state index contributed by atoms with van der Waals surface area (Å²) in [6.45, 7) is -0.525. The SMILES string of the molecule is CN1C(=O)C(=O)N(CC(=O)Nc2cccc(N)c2)C1=O. The van der Waals surface area contributed by atoms with E-state index in [1.165, 1.54) is 13.1 Å². The number of benzene rings is 1. The number of carbonyl (C=O) groups is 4. The van der Waals surface area contributed by atoms with Crippen molar-refractivity contribution in [1.82, 2.24) is 9.80 Å². The van der Waals surface area contributed by atoms with Crippen LogP contribution in [0.25, 0.3) is 0 Å². The molecule has 0 aliphatic carbocycles. The molecule has 0 spiro atoms. The van der Waals surface area contributed by atoms with Crippen LogP contribution in [0.2, 0.25) is 0 Å². The summed E-state index contributed by atoms with van der Waals surface area (Å²) in [6, 6.07) is 5.62. The molecule has 1 fully saturated rings. The Bertz CT molecular complexity index is 613. The lowest BCUT2D eigenvalue weighted by Gasteiger charge is -2.12. The number of urea groups is 1. The number of anilines is 2. The Morgan fingerprint density at radius 3 is 2.50 bits per heavy atom. The van der Waals surface area contributed by atoms with Crippen molar-refractivity contribution in [3.05, 3.63) is 24.3 Å². The Morgan fingerprint density at radius 1 is 1.25 bits per heavy atom. The predicted molar refractivity (Wildman–Crippen MR) is 69.4 cm³/mol. The van der Waals surface area contributed by atoms with Crippen molar-refractivity contribution in [2.75, 3.05) is 24.6 Å². The van der Waals surface area contributed by atoms with E-state index in [1.807, 2.05) is 0 Å². The van der Waals surface area contributed by atoms with Crippen LogP contribution in [-0.2, 0) is 14.4 Å². The van der Waals surface area contributed by atoms with Crippen LogP contribution in [0.15, 0.2) is 24.3 Å². The molecule has 8 nitrogen and oxygen atoms in total. The lowest BCUT2D eigenvalue weighted by Crippen LogP contribution is -2.38. The Hall–Kier alpha value is -2.90. The quantitative estimate of drug-likeness (QED) is 0.444. The molecule has 0 saturated carbocycles. The highest BCUT2D eigenvalue weighted by atomic mass is 16.2. The van der Waals surface area contributed by atoms with Crippen molar-refractivity contribution >= 4 is 35.1 Å². The van der Waals surface area contributed by atoms with E-state index in [-0.39, 0.29) is 0 Å². The molecule has 1 aromatic carbocycles. The van der Waals surface area contributed by atoms with Crippen molar-refractivity contribution in [2.24, 2.45) is 0 Å². The number of rotatable bonds is 3. The lowest BCUT2D eigenvalue weighted by atomic mass is 10.3. The normalized spacial score (nSPS) is 14.9. The van der Waals surface area contributed by atoms with Crippen LogP contribution in [0.1, 0.15) is 0 Å². The summed E-state index contributed by atoms with van der Waals surface area (Å²) >= 11 is 0. The van der Waals surface area contributed by atoms with Gasteiger partial charge in [-0.2, -0.15) is 0 Å². The molecule has 3 N–H and O–H groups in total. The minimum atomic E-state index is -1.01. The number of nitrogens with one attached hydrogen (secondary N) is 1. The Kier molecular flexibility index (Phi) is 3.38. The maximum absolute atomic E-state index is 11.8. The number of hydrogen-bond donors (Lipinski definition) is 2. The number of nitrogens with zero attached hydrogens (tertiary/aromatic N) is 2. The highest BCUT2D eigenvalue weighted by Gasteiger charge is 2.42. The molecule has 0 unspecified atom stereocenters. The summed E-state index contributed by atoms with van der Waals surface area (Å²) in [6.07, 6.45) is 0. The first kappa shape index (κ1) is 13.5. The van der Waals surface area contributed by atoms with Gasteiger partial charge >= 0.3 is 17.8 Å². The molecule has 104 valence electrons. The van der Waals surface area contributed by atoms with Gasteiger partial charge in [0, 0.05) is 18.4 Å². The monoisotopic (exact) mass is 276 g/mol. The first-order valence-electron chi connectivity index (χ1n) is 5.69. The summed E-state index contributed by atoms with van der Waals surface area (Å²) < 4.78 is 0. The standard InChI is InChI=1S/C12H12N4O4/c1-15-10(18)11(19)16(12(15)20)6-9(17)14-8-4-2-3-7(13)5-8/h2-5H,6,13H2,1H3,(H,14,17). The highest BCUT2D eigenvalue weighted by molar-refractivity contribution is 6.44. The average molecular weight is 276 g/mol. The molecule has 8 heteroatoms. The number of carbonyl (C=O) groups excluding carboxylic acids is 4. The first-order chi connectivity index (χ1) is 9.40. The zero-order valence-corrected chi connectivity index (χ0v) is 10.6. The summed E-state index contributed by atoms with van der Waals surface area (Å²) in [4.78, 5) is 47.3. The molecule has 5 amide bonds. The topological polar surface area (TPSA) is 113 Å². The average Bonchev–Trinajstić information content (AvgIpc) is 2.57. The van der Waals surface area contributed by atoms with Gasteiger partial charge in [-0.3, -0.25) is 19.3 Å². The van der Waals surface area contributed by atoms with Crippen LogP contribution in [0.3, 0.4) is 0 Å². The second kappa shape index (κ2) is 5.00. The van der Waals surface area contributed by atoms with Crippen molar-refractivity contribution in [1.29, 1.82) is 0 Å². The Labute approximate surface area is 114 Å². The van der Waals surface area contributed by atoms with Crippen molar-refractivity contribution < 1.29 is 19.2 Å². The molecule has 20 heavy (non-hydrogen) atoms. The van der Waals surface area contributed by atoms with E-state index in [9.17, 15) is 19.2 Å². The molecule has 0 atom stereocenters. The van der Waals surface area contributed by atoms with Gasteiger partial charge in [-0.1, -0.05) is 6.07 Å². The minimum Gasteiger partial charge on any atom is -0.399 e. The number of nitrogens with two attached hydrogens (primary N) is 1. The molecule has 1 aliphatic heterocycles. The molecule has 1 saturated heterocycles. The van der Waals surface area contributed by atoms with Gasteiger partial charge in [0.15, 0.2) is 0 Å². The van der Waals surface area contributed by atoms with E-state index in [1.54, 1.807) is 18.2 Å². The summed E-state index contributed by atoms with van der Waals surface area (Å²) in [5.74, 6) is -2.56. The lowest BCUT2D eigenvalue weighted by molar-refractivity contribution is -0.143. The van der Waals surface area contributed by atoms with Crippen LogP contribution in [0.5, 0.6) is 0 Å². The van der Waals surface area contributed by atoms with Gasteiger partial charge < -0.3 is 11.1 Å². The third-order valence-corrected chi connectivity index (χ3v) is 2.72. The molecule has 0 bridgehead atoms. The third kappa shape index (κ3) is 2.44. The largest absolute Gasteiger partial charge is 0.399 e. The number of likely N-dealkylation sites (N-methyl/N-ethyl adjacent to an activating group) is 1. The molecule has 0 radical (unpaired) electrons. The zero-order chi connectivity index (χ0) is 14.9. The van der Waals surface area contributed by atoms with E-state index in [2.05, 4.69) is 5.32 Å². The molecule has 1 aliphatic rings. The minimum absolute atomic E-state index is 0.439. The second-order valence-corrected chi connectivity index (χ2v) is 4.21. The van der Waals surface area contributed by atoms with Gasteiger partial charge in [0.25, 0.3) is 0 Å². The summed E-state index contributed by atoms with van der Waals surface area (Å²) in [7, 11) is 1.18. The number of amides is 5.